The fourth-order valence-corrected chi connectivity index (χ4v) is 2.89. The van der Waals surface area contributed by atoms with Crippen molar-refractivity contribution in [2.75, 3.05) is 5.75 Å². The largest absolute Gasteiger partial charge is 0.323 e. The van der Waals surface area contributed by atoms with Gasteiger partial charge in [0.2, 0.25) is 0 Å². The maximum Gasteiger partial charge on any atom is 0.264 e. The van der Waals surface area contributed by atoms with Gasteiger partial charge in [0.15, 0.2) is 5.82 Å². The first-order valence-electron chi connectivity index (χ1n) is 6.86. The van der Waals surface area contributed by atoms with Crippen LogP contribution in [-0.4, -0.2) is 23.7 Å². The van der Waals surface area contributed by atoms with Crippen molar-refractivity contribution >= 4 is 21.2 Å². The van der Waals surface area contributed by atoms with Gasteiger partial charge in [0.25, 0.3) is 10.1 Å². The number of nitrogens with zero attached hydrogens (tertiary/aromatic N) is 3. The molecule has 2 heterocycles. The van der Waals surface area contributed by atoms with E-state index in [2.05, 4.69) is 9.97 Å². The average Bonchev–Trinajstić information content (AvgIpc) is 2.86. The van der Waals surface area contributed by atoms with Crippen LogP contribution in [0.4, 0.5) is 0 Å². The van der Waals surface area contributed by atoms with E-state index in [9.17, 15) is 8.42 Å². The van der Waals surface area contributed by atoms with Crippen molar-refractivity contribution in [2.24, 2.45) is 0 Å². The van der Waals surface area contributed by atoms with Gasteiger partial charge in [-0.1, -0.05) is 18.2 Å². The number of benzene rings is 1. The molecule has 3 rings (SSSR count). The summed E-state index contributed by atoms with van der Waals surface area (Å²) in [6.45, 7) is 0.437. The van der Waals surface area contributed by atoms with Gasteiger partial charge < -0.3 is 4.57 Å². The Morgan fingerprint density at radius 2 is 1.87 bits per heavy atom. The Bertz CT molecular complexity index is 895. The summed E-state index contributed by atoms with van der Waals surface area (Å²) in [6, 6.07) is 13.2. The molecular formula is C15H15N3O3PtS. The third kappa shape index (κ3) is 4.25. The predicted octanol–water partition coefficient (Wildman–Crippen LogP) is 1.42. The molecule has 8 heteroatoms. The molecule has 0 saturated heterocycles. The van der Waals surface area contributed by atoms with Crippen molar-refractivity contribution in [3.63, 3.8) is 0 Å². The third-order valence-corrected chi connectivity index (χ3v) is 4.14. The van der Waals surface area contributed by atoms with E-state index in [-0.39, 0.29) is 26.8 Å². The van der Waals surface area contributed by atoms with E-state index in [1.165, 1.54) is 0 Å². The normalized spacial score (nSPS) is 11.3. The van der Waals surface area contributed by atoms with Gasteiger partial charge >= 0.3 is 0 Å². The van der Waals surface area contributed by atoms with Crippen LogP contribution in [0.3, 0.4) is 0 Å². The van der Waals surface area contributed by atoms with Crippen molar-refractivity contribution in [3.05, 3.63) is 48.7 Å². The summed E-state index contributed by atoms with van der Waals surface area (Å²) in [5, 5.41) is 0. The monoisotopic (exact) mass is 512 g/mol. The number of aryl methyl sites for hydroxylation is 1. The second-order valence-electron chi connectivity index (χ2n) is 4.93. The first-order valence-corrected chi connectivity index (χ1v) is 8.47. The standard InChI is InChI=1S/C15H15N3O3S.Pt/c19-22(20,21)11-5-10-18-14-8-2-1-6-12(14)17-15(18)13-7-3-4-9-16-13;/h1-4,6-9H,5,10-11H2,(H,19,20,21);. The van der Waals surface area contributed by atoms with Crippen LogP contribution < -0.4 is 9.55 Å². The minimum atomic E-state index is -3.96. The number of hydrogen-bond donors (Lipinski definition) is 1. The van der Waals surface area contributed by atoms with Gasteiger partial charge in [-0.05, 0) is 30.7 Å². The zero-order chi connectivity index (χ0) is 15.6. The Labute approximate surface area is 148 Å². The summed E-state index contributed by atoms with van der Waals surface area (Å²) in [7, 11) is -3.96. The molecule has 0 aliphatic heterocycles. The predicted molar refractivity (Wildman–Crippen MR) is 81.7 cm³/mol. The van der Waals surface area contributed by atoms with Crippen molar-refractivity contribution in [2.45, 2.75) is 13.0 Å². The Morgan fingerprint density at radius 1 is 1.13 bits per heavy atom. The maximum absolute atomic E-state index is 10.9. The minimum absolute atomic E-state index is 0. The van der Waals surface area contributed by atoms with Crippen LogP contribution in [0.5, 0.6) is 0 Å². The van der Waals surface area contributed by atoms with Crippen molar-refractivity contribution in [3.8, 4) is 11.5 Å². The summed E-state index contributed by atoms with van der Waals surface area (Å²) in [6.07, 6.45) is 2.00. The van der Waals surface area contributed by atoms with Crippen LogP contribution in [0.1, 0.15) is 6.42 Å². The average molecular weight is 512 g/mol. The van der Waals surface area contributed by atoms with Crippen LogP contribution in [-0.2, 0) is 37.7 Å². The van der Waals surface area contributed by atoms with E-state index in [0.717, 1.165) is 16.7 Å². The fraction of sp³-hybridized carbons (Fsp3) is 0.200. The second kappa shape index (κ2) is 7.34. The van der Waals surface area contributed by atoms with Gasteiger partial charge in [0, 0.05) is 33.8 Å². The molecule has 3 aromatic rings. The quantitative estimate of drug-likeness (QED) is 0.413. The van der Waals surface area contributed by atoms with Crippen molar-refractivity contribution in [1.29, 1.82) is 0 Å². The Hall–Kier alpha value is -1.56. The molecule has 0 spiro atoms. The topological polar surface area (TPSA) is 85.2 Å². The van der Waals surface area contributed by atoms with Gasteiger partial charge in [-0.2, -0.15) is 8.42 Å². The molecule has 0 unspecified atom stereocenters. The van der Waals surface area contributed by atoms with Gasteiger partial charge in [0.05, 0.1) is 16.8 Å². The molecule has 0 amide bonds. The molecule has 0 fully saturated rings. The smallest absolute Gasteiger partial charge is 0.264 e. The van der Waals surface area contributed by atoms with E-state index < -0.39 is 10.1 Å². The van der Waals surface area contributed by atoms with E-state index in [1.54, 1.807) is 6.20 Å². The molecule has 1 N–H and O–H groups in total. The maximum atomic E-state index is 10.9. The molecule has 0 saturated carbocycles. The van der Waals surface area contributed by atoms with Gasteiger partial charge in [-0.25, -0.2) is 4.98 Å². The summed E-state index contributed by atoms with van der Waals surface area (Å²) < 4.78 is 32.6. The molecule has 0 radical (unpaired) electrons. The minimum Gasteiger partial charge on any atom is -0.323 e. The molecular weight excluding hydrogens is 497 g/mol. The van der Waals surface area contributed by atoms with Crippen LogP contribution >= 0.6 is 0 Å². The van der Waals surface area contributed by atoms with E-state index in [1.807, 2.05) is 47.0 Å². The van der Waals surface area contributed by atoms with E-state index in [4.69, 9.17) is 4.55 Å². The van der Waals surface area contributed by atoms with E-state index >= 15 is 0 Å². The van der Waals surface area contributed by atoms with E-state index in [0.29, 0.717) is 18.8 Å². The number of para-hydroxylation sites is 2. The van der Waals surface area contributed by atoms with Crippen molar-refractivity contribution in [1.82, 2.24) is 9.97 Å². The number of hydrogen-bond acceptors (Lipinski definition) is 3. The Kier molecular flexibility index (Phi) is 5.68. The van der Waals surface area contributed by atoms with Crippen LogP contribution in [0.2, 0.25) is 0 Å². The third-order valence-electron chi connectivity index (χ3n) is 3.33. The number of fused-ring (bicyclic) bond motifs is 1. The first-order chi connectivity index (χ1) is 10.5. The molecule has 1 aromatic carbocycles. The molecule has 0 aliphatic carbocycles. The Balaban J connectivity index is 0.00000192. The molecule has 0 aliphatic rings. The summed E-state index contributed by atoms with van der Waals surface area (Å²) in [5.41, 5.74) is 2.47. The van der Waals surface area contributed by atoms with Crippen LogP contribution in [0.15, 0.2) is 48.7 Å². The summed E-state index contributed by atoms with van der Waals surface area (Å²) in [4.78, 5) is 8.90. The van der Waals surface area contributed by atoms with Crippen LogP contribution in [0, 0.1) is 0 Å². The van der Waals surface area contributed by atoms with Gasteiger partial charge in [-0.3, -0.25) is 9.54 Å². The second-order valence-corrected chi connectivity index (χ2v) is 6.50. The van der Waals surface area contributed by atoms with Gasteiger partial charge in [0.1, 0.15) is 5.69 Å². The molecule has 0 bridgehead atoms. The molecule has 6 nitrogen and oxygen atoms in total. The zero-order valence-electron chi connectivity index (χ0n) is 12.1. The first kappa shape index (κ1) is 17.8. The fourth-order valence-electron chi connectivity index (χ4n) is 2.40. The number of rotatable bonds is 5. The Morgan fingerprint density at radius 3 is 2.57 bits per heavy atom. The van der Waals surface area contributed by atoms with Crippen LogP contribution in [0.25, 0.3) is 22.6 Å². The number of imidazole rings is 1. The number of pyridine rings is 1. The SMILES string of the molecule is O=S(=O)(O)CCC[n+]1c(-c2ccccn2)[n-]c2ccccc21.[Pt]. The molecule has 124 valence electrons. The molecule has 2 aromatic heterocycles. The van der Waals surface area contributed by atoms with Gasteiger partial charge in [-0.15, -0.1) is 0 Å². The molecule has 23 heavy (non-hydrogen) atoms. The molecule has 0 atom stereocenters. The van der Waals surface area contributed by atoms with Crippen molar-refractivity contribution < 1.29 is 38.6 Å². The summed E-state index contributed by atoms with van der Waals surface area (Å²) in [5.74, 6) is 0.415. The zero-order valence-corrected chi connectivity index (χ0v) is 15.2. The number of aromatic nitrogens is 3. The summed E-state index contributed by atoms with van der Waals surface area (Å²) >= 11 is 0.